The zero-order valence-corrected chi connectivity index (χ0v) is 14.1. The first kappa shape index (κ1) is 19.2. The average molecular weight is 357 g/mol. The van der Waals surface area contributed by atoms with Crippen LogP contribution in [0.1, 0.15) is 5.82 Å². The number of hydrogen-bond acceptors (Lipinski definition) is 9. The van der Waals surface area contributed by atoms with Gasteiger partial charge in [0, 0.05) is 26.6 Å². The largest absolute Gasteiger partial charge is 0.438 e. The molecule has 2 rings (SSSR count). The minimum Gasteiger partial charge on any atom is -0.438 e. The zero-order chi connectivity index (χ0) is 18.2. The molecule has 1 atom stereocenters. The minimum absolute atomic E-state index is 0.105. The third-order valence-electron chi connectivity index (χ3n) is 3.86. The van der Waals surface area contributed by atoms with Crippen LogP contribution in [0.5, 0.6) is 0 Å². The molecule has 1 aliphatic heterocycles. The topological polar surface area (TPSA) is 135 Å². The number of carbonyl (C=O) groups excluding carboxylic acids is 1. The van der Waals surface area contributed by atoms with Crippen LogP contribution in [-0.4, -0.2) is 77.6 Å². The summed E-state index contributed by atoms with van der Waals surface area (Å²) in [6, 6.07) is 0. The maximum Gasteiger partial charge on any atom is 0.342 e. The van der Waals surface area contributed by atoms with Gasteiger partial charge in [0.15, 0.2) is 12.6 Å². The lowest BCUT2D eigenvalue weighted by Gasteiger charge is -2.29. The van der Waals surface area contributed by atoms with E-state index in [1.54, 1.807) is 6.92 Å². The van der Waals surface area contributed by atoms with Crippen molar-refractivity contribution in [3.8, 4) is 0 Å². The molecule has 0 saturated carbocycles. The lowest BCUT2D eigenvalue weighted by atomic mass is 10.3. The number of nitro groups is 1. The molecule has 1 aromatic rings. The van der Waals surface area contributed by atoms with Gasteiger partial charge in [-0.05, 0) is 4.92 Å². The highest BCUT2D eigenvalue weighted by molar-refractivity contribution is 5.71. The van der Waals surface area contributed by atoms with Gasteiger partial charge in [-0.3, -0.25) is 9.69 Å². The second-order valence-electron chi connectivity index (χ2n) is 5.57. The molecule has 2 N–H and O–H groups in total. The molecular formula is C14H23N5O6. The van der Waals surface area contributed by atoms with Crippen molar-refractivity contribution in [2.45, 2.75) is 19.6 Å². The Hall–Kier alpha value is -2.08. The molecule has 1 aliphatic rings. The third-order valence-corrected chi connectivity index (χ3v) is 3.86. The molecule has 0 aliphatic carbocycles. The van der Waals surface area contributed by atoms with Crippen molar-refractivity contribution in [2.75, 3.05) is 46.2 Å². The van der Waals surface area contributed by atoms with Crippen molar-refractivity contribution in [1.29, 1.82) is 0 Å². The average Bonchev–Trinajstić information content (AvgIpc) is 2.96. The summed E-state index contributed by atoms with van der Waals surface area (Å²) in [5, 5.41) is 11.1. The van der Waals surface area contributed by atoms with Crippen LogP contribution in [0.4, 0.5) is 5.82 Å². The molecule has 1 fully saturated rings. The molecule has 0 radical (unpaired) electrons. The molecule has 11 heteroatoms. The molecule has 1 aromatic heterocycles. The van der Waals surface area contributed by atoms with Gasteiger partial charge in [0.25, 0.3) is 0 Å². The summed E-state index contributed by atoms with van der Waals surface area (Å²) in [5.41, 5.74) is 5.18. The fourth-order valence-corrected chi connectivity index (χ4v) is 2.52. The molecule has 25 heavy (non-hydrogen) atoms. The van der Waals surface area contributed by atoms with E-state index >= 15 is 0 Å². The smallest absolute Gasteiger partial charge is 0.342 e. The molecule has 0 unspecified atom stereocenters. The van der Waals surface area contributed by atoms with Gasteiger partial charge in [-0.25, -0.2) is 9.55 Å². The van der Waals surface area contributed by atoms with Gasteiger partial charge in [-0.15, -0.1) is 0 Å². The SMILES string of the molecule is Cc1ncc([N+](=O)[O-])n1C[C@H](CN1CCOCC1)OCOC(=O)CN. The molecule has 1 saturated heterocycles. The first-order chi connectivity index (χ1) is 12.0. The Morgan fingerprint density at radius 3 is 2.84 bits per heavy atom. The van der Waals surface area contributed by atoms with E-state index in [2.05, 4.69) is 9.88 Å². The Kier molecular flexibility index (Phi) is 7.25. The number of aromatic nitrogens is 2. The van der Waals surface area contributed by atoms with E-state index in [-0.39, 0.29) is 25.7 Å². The maximum atomic E-state index is 11.1. The Bertz CT molecular complexity index is 586. The predicted molar refractivity (Wildman–Crippen MR) is 85.8 cm³/mol. The number of aryl methyl sites for hydroxylation is 1. The molecular weight excluding hydrogens is 334 g/mol. The molecule has 0 aromatic carbocycles. The normalized spacial score (nSPS) is 16.6. The van der Waals surface area contributed by atoms with Gasteiger partial charge in [0.2, 0.25) is 0 Å². The van der Waals surface area contributed by atoms with E-state index in [1.165, 1.54) is 10.8 Å². The Labute approximate surface area is 144 Å². The van der Waals surface area contributed by atoms with Gasteiger partial charge in [-0.1, -0.05) is 0 Å². The lowest BCUT2D eigenvalue weighted by Crippen LogP contribution is -2.43. The summed E-state index contributed by atoms with van der Waals surface area (Å²) >= 11 is 0. The van der Waals surface area contributed by atoms with Crippen molar-refractivity contribution in [3.05, 3.63) is 22.1 Å². The van der Waals surface area contributed by atoms with E-state index < -0.39 is 17.0 Å². The van der Waals surface area contributed by atoms with Gasteiger partial charge in [-0.2, -0.15) is 0 Å². The van der Waals surface area contributed by atoms with Crippen LogP contribution in [0.15, 0.2) is 6.20 Å². The van der Waals surface area contributed by atoms with Gasteiger partial charge in [0.1, 0.15) is 18.8 Å². The highest BCUT2D eigenvalue weighted by Gasteiger charge is 2.25. The molecule has 0 amide bonds. The van der Waals surface area contributed by atoms with Crippen LogP contribution < -0.4 is 5.73 Å². The number of nitrogens with two attached hydrogens (primary N) is 1. The van der Waals surface area contributed by atoms with Crippen molar-refractivity contribution in [3.63, 3.8) is 0 Å². The lowest BCUT2D eigenvalue weighted by molar-refractivity contribution is -0.392. The first-order valence-electron chi connectivity index (χ1n) is 7.95. The third kappa shape index (κ3) is 5.74. The predicted octanol–water partition coefficient (Wildman–Crippen LogP) is -0.723. The fourth-order valence-electron chi connectivity index (χ4n) is 2.52. The summed E-state index contributed by atoms with van der Waals surface area (Å²) in [4.78, 5) is 27.9. The summed E-state index contributed by atoms with van der Waals surface area (Å²) in [6.07, 6.45) is 0.797. The van der Waals surface area contributed by atoms with Crippen molar-refractivity contribution < 1.29 is 23.9 Å². The molecule has 11 nitrogen and oxygen atoms in total. The second-order valence-corrected chi connectivity index (χ2v) is 5.57. The minimum atomic E-state index is -0.574. The van der Waals surface area contributed by atoms with E-state index in [0.717, 1.165) is 13.1 Å². The van der Waals surface area contributed by atoms with E-state index in [1.807, 2.05) is 0 Å². The van der Waals surface area contributed by atoms with Crippen LogP contribution in [0.2, 0.25) is 0 Å². The quantitative estimate of drug-likeness (QED) is 0.263. The number of morpholine rings is 1. The van der Waals surface area contributed by atoms with Crippen LogP contribution >= 0.6 is 0 Å². The highest BCUT2D eigenvalue weighted by Crippen LogP contribution is 2.16. The summed E-state index contributed by atoms with van der Waals surface area (Å²) < 4.78 is 17.3. The maximum absolute atomic E-state index is 11.1. The number of rotatable bonds is 9. The van der Waals surface area contributed by atoms with Gasteiger partial charge < -0.3 is 30.1 Å². The van der Waals surface area contributed by atoms with Crippen LogP contribution in [0.25, 0.3) is 0 Å². The summed E-state index contributed by atoms with van der Waals surface area (Å²) in [6.45, 7) is 4.68. The van der Waals surface area contributed by atoms with Crippen molar-refractivity contribution >= 4 is 11.8 Å². The fraction of sp³-hybridized carbons (Fsp3) is 0.714. The number of hydrogen-bond donors (Lipinski definition) is 1. The zero-order valence-electron chi connectivity index (χ0n) is 14.1. The highest BCUT2D eigenvalue weighted by atomic mass is 16.7. The van der Waals surface area contributed by atoms with Gasteiger partial charge in [0.05, 0.1) is 19.8 Å². The molecule has 0 bridgehead atoms. The van der Waals surface area contributed by atoms with E-state index in [4.69, 9.17) is 19.9 Å². The van der Waals surface area contributed by atoms with Crippen molar-refractivity contribution in [2.24, 2.45) is 5.73 Å². The van der Waals surface area contributed by atoms with E-state index in [9.17, 15) is 14.9 Å². The van der Waals surface area contributed by atoms with Crippen LogP contribution in [0.3, 0.4) is 0 Å². The number of ether oxygens (including phenoxy) is 3. The van der Waals surface area contributed by atoms with Gasteiger partial charge >= 0.3 is 11.8 Å². The standard InChI is InChI=1S/C14H23N5O6/c1-11-16-7-13(19(21)22)18(11)9-12(24-10-25-14(20)6-15)8-17-2-4-23-5-3-17/h7,12H,2-6,8-10,15H2,1H3/t12-/m0/s1. The Morgan fingerprint density at radius 2 is 2.20 bits per heavy atom. The number of esters is 1. The monoisotopic (exact) mass is 357 g/mol. The van der Waals surface area contributed by atoms with Crippen LogP contribution in [-0.2, 0) is 25.5 Å². The molecule has 0 spiro atoms. The summed E-state index contributed by atoms with van der Waals surface area (Å²) in [5.74, 6) is -0.164. The first-order valence-corrected chi connectivity index (χ1v) is 7.95. The number of carbonyl (C=O) groups is 1. The van der Waals surface area contributed by atoms with Crippen LogP contribution in [0, 0.1) is 17.0 Å². The second kappa shape index (κ2) is 9.42. The Balaban J connectivity index is 2.03. The number of imidazole rings is 1. The Morgan fingerprint density at radius 1 is 1.48 bits per heavy atom. The van der Waals surface area contributed by atoms with E-state index in [0.29, 0.717) is 25.6 Å². The van der Waals surface area contributed by atoms with Crippen molar-refractivity contribution in [1.82, 2.24) is 14.5 Å². The molecule has 2 heterocycles. The molecule has 140 valence electrons. The number of nitrogens with zero attached hydrogens (tertiary/aromatic N) is 4. The summed E-state index contributed by atoms with van der Waals surface area (Å²) in [7, 11) is 0.